The molecule has 0 saturated heterocycles. The van der Waals surface area contributed by atoms with Gasteiger partial charge < -0.3 is 44.3 Å². The van der Waals surface area contributed by atoms with Gasteiger partial charge in [-0.2, -0.15) is 0 Å². The first-order chi connectivity index (χ1) is 29.9. The van der Waals surface area contributed by atoms with Crippen molar-refractivity contribution >= 4 is 72.2 Å². The summed E-state index contributed by atoms with van der Waals surface area (Å²) < 4.78 is 27.2. The van der Waals surface area contributed by atoms with Gasteiger partial charge in [0.05, 0.1) is 69.1 Å². The van der Waals surface area contributed by atoms with Crippen LogP contribution in [-0.4, -0.2) is 100 Å². The highest BCUT2D eigenvalue weighted by atomic mass is 16.5. The first-order valence-corrected chi connectivity index (χ1v) is 21.2. The largest absolute Gasteiger partial charge is 0.507 e. The fourth-order valence-corrected chi connectivity index (χ4v) is 9.21. The number of hydrogen-bond donors (Lipinski definition) is 4. The second kappa shape index (κ2) is 20.9. The van der Waals surface area contributed by atoms with Crippen molar-refractivity contribution in [3.05, 3.63) is 66.0 Å². The van der Waals surface area contributed by atoms with Gasteiger partial charge in [-0.05, 0) is 89.9 Å². The van der Waals surface area contributed by atoms with E-state index < -0.39 is 30.0 Å². The maximum Gasteiger partial charge on any atom is 0.190 e. The molecule has 0 spiro atoms. The van der Waals surface area contributed by atoms with Crippen LogP contribution in [0.5, 0.6) is 11.5 Å². The number of Topliss-reactive ketones (excluding diaryl/α,β-unsaturated/α-hetero) is 3. The Kier molecular flexibility index (Phi) is 15.6. The first kappa shape index (κ1) is 46.4. The molecule has 1 unspecified atom stereocenters. The Labute approximate surface area is 359 Å². The number of aliphatic hydroxyl groups is 2. The van der Waals surface area contributed by atoms with Crippen LogP contribution in [0.4, 0.5) is 5.69 Å². The molecule has 1 atom stereocenters. The molecule has 4 N–H and O–H groups in total. The summed E-state index contributed by atoms with van der Waals surface area (Å²) in [6, 6.07) is 2.58. The molecule has 5 aromatic rings. The third kappa shape index (κ3) is 9.03. The smallest absolute Gasteiger partial charge is 0.190 e. The summed E-state index contributed by atoms with van der Waals surface area (Å²) in [4.78, 5) is 68.7. The number of ether oxygens (including phenoxy) is 5. The molecule has 5 aromatic carbocycles. The van der Waals surface area contributed by atoms with Gasteiger partial charge >= 0.3 is 0 Å². The Morgan fingerprint density at radius 2 is 1.23 bits per heavy atom. The van der Waals surface area contributed by atoms with Gasteiger partial charge in [-0.1, -0.05) is 11.6 Å². The van der Waals surface area contributed by atoms with Gasteiger partial charge in [0.1, 0.15) is 28.8 Å². The number of carbonyl (C=O) groups is 3. The quantitative estimate of drug-likeness (QED) is 0.0294. The zero-order valence-corrected chi connectivity index (χ0v) is 36.3. The van der Waals surface area contributed by atoms with Crippen molar-refractivity contribution in [2.24, 2.45) is 0 Å². The zero-order valence-electron chi connectivity index (χ0n) is 36.3. The lowest BCUT2D eigenvalue weighted by Crippen LogP contribution is -2.18. The Hall–Kier alpha value is -5.09. The number of aromatic hydroxyl groups is 1. The molecule has 62 heavy (non-hydrogen) atoms. The van der Waals surface area contributed by atoms with E-state index in [2.05, 4.69) is 5.32 Å². The predicted octanol–water partition coefficient (Wildman–Crippen LogP) is 5.83. The number of anilines is 1. The maximum absolute atomic E-state index is 14.5. The van der Waals surface area contributed by atoms with Gasteiger partial charge in [0.25, 0.3) is 0 Å². The number of aliphatic hydroxyl groups excluding tert-OH is 2. The number of rotatable bonds is 26. The van der Waals surface area contributed by atoms with E-state index in [9.17, 15) is 39.3 Å². The molecule has 14 heteroatoms. The van der Waals surface area contributed by atoms with Gasteiger partial charge in [-0.3, -0.25) is 24.0 Å². The highest BCUT2D eigenvalue weighted by Gasteiger charge is 2.37. The van der Waals surface area contributed by atoms with Gasteiger partial charge in [0.2, 0.25) is 0 Å². The fourth-order valence-electron chi connectivity index (χ4n) is 9.21. The van der Waals surface area contributed by atoms with Gasteiger partial charge in [-0.25, -0.2) is 0 Å². The maximum atomic E-state index is 14.5. The van der Waals surface area contributed by atoms with Crippen molar-refractivity contribution in [1.29, 1.82) is 0 Å². The minimum atomic E-state index is -0.926. The number of phenols is 1. The molecule has 0 aliphatic heterocycles. The van der Waals surface area contributed by atoms with Crippen molar-refractivity contribution in [3.63, 3.8) is 0 Å². The van der Waals surface area contributed by atoms with Crippen LogP contribution in [0.25, 0.3) is 49.2 Å². The Morgan fingerprint density at radius 3 is 1.77 bits per heavy atom. The number of nitrogens with one attached hydrogen (secondary N) is 1. The van der Waals surface area contributed by atoms with Crippen molar-refractivity contribution in [2.75, 3.05) is 72.8 Å². The lowest BCUT2D eigenvalue weighted by molar-refractivity contribution is -0.120. The topological polar surface area (TPSA) is 204 Å². The van der Waals surface area contributed by atoms with E-state index in [1.165, 1.54) is 26.2 Å². The molecule has 14 nitrogen and oxygen atoms in total. The molecule has 0 fully saturated rings. The molecule has 332 valence electrons. The first-order valence-electron chi connectivity index (χ1n) is 21.2. The summed E-state index contributed by atoms with van der Waals surface area (Å²) in [5.41, 5.74) is 1.65. The second-order valence-corrected chi connectivity index (χ2v) is 15.9. The number of phenolic OH excluding ortho intramolecular Hbond substituents is 1. The van der Waals surface area contributed by atoms with E-state index in [-0.39, 0.29) is 88.7 Å². The fraction of sp³-hybridized carbons (Fsp3) is 0.479. The molecular weight excluding hydrogens is 799 g/mol. The summed E-state index contributed by atoms with van der Waals surface area (Å²) in [5, 5.41) is 39.8. The summed E-state index contributed by atoms with van der Waals surface area (Å²) in [6.07, 6.45) is 4.37. The van der Waals surface area contributed by atoms with Crippen LogP contribution in [0.2, 0.25) is 0 Å². The van der Waals surface area contributed by atoms with Gasteiger partial charge in [0, 0.05) is 81.6 Å². The standard InChI is InChI=1S/C48H57NO13/c1-26-21-33-32(12-6-9-30(53)10-7-15-61-19-17-58-3)47(57)41-35(56)23-29(25-51)37-38-28(24-50)22-34(55)40-43(38)44(39(33)42(37)41)45(36(26)27(2)52)48(60-5)46(40)49-14-13-31(54)11-8-16-62-20-18-59-4/h21-23,36,49-51,57H,6-20,24-25H2,1-5H3. The molecule has 0 amide bonds. The molecule has 0 radical (unpaired) electrons. The van der Waals surface area contributed by atoms with Crippen molar-refractivity contribution in [3.8, 4) is 11.5 Å². The van der Waals surface area contributed by atoms with Crippen LogP contribution in [0.1, 0.15) is 92.5 Å². The minimum absolute atomic E-state index is 0.0126. The summed E-state index contributed by atoms with van der Waals surface area (Å²) in [6.45, 7) is 4.85. The van der Waals surface area contributed by atoms with E-state index in [1.807, 2.05) is 6.08 Å². The van der Waals surface area contributed by atoms with Crippen LogP contribution >= 0.6 is 0 Å². The number of benzene rings is 5. The molecule has 0 heterocycles. The Bertz CT molecular complexity index is 2620. The van der Waals surface area contributed by atoms with E-state index >= 15 is 0 Å². The lowest BCUT2D eigenvalue weighted by Gasteiger charge is -2.27. The normalized spacial score (nSPS) is 13.8. The average Bonchev–Trinajstić information content (AvgIpc) is 3.38. The monoisotopic (exact) mass is 855 g/mol. The molecule has 1 aliphatic carbocycles. The summed E-state index contributed by atoms with van der Waals surface area (Å²) in [5.74, 6) is -1.24. The third-order valence-electron chi connectivity index (χ3n) is 11.9. The van der Waals surface area contributed by atoms with Crippen molar-refractivity contribution < 1.29 is 53.4 Å². The van der Waals surface area contributed by atoms with E-state index in [1.54, 1.807) is 21.1 Å². The van der Waals surface area contributed by atoms with E-state index in [0.29, 0.717) is 120 Å². The molecule has 0 saturated carbocycles. The summed E-state index contributed by atoms with van der Waals surface area (Å²) >= 11 is 0. The van der Waals surface area contributed by atoms with Gasteiger partial charge in [0.15, 0.2) is 10.9 Å². The second-order valence-electron chi connectivity index (χ2n) is 15.9. The number of ketones is 3. The molecular formula is C48H57NO13. The number of hydrogen-bond acceptors (Lipinski definition) is 14. The predicted molar refractivity (Wildman–Crippen MR) is 238 cm³/mol. The summed E-state index contributed by atoms with van der Waals surface area (Å²) in [7, 11) is 4.62. The molecule has 0 aromatic heterocycles. The number of methoxy groups -OCH3 is 3. The third-order valence-corrected chi connectivity index (χ3v) is 11.9. The number of allylic oxidation sites excluding steroid dienone is 1. The SMILES string of the molecule is COCCOCCCC(=O)CCCc1c(O)c2c(=O)cc(CO)c3c4c(CO)cc(=O)c5c(NCCC(=O)CCCOCCOC)c(OC)c6c(c(c1C=C(C)C6C(C)=O)c23)c54. The minimum Gasteiger partial charge on any atom is -0.507 e. The molecule has 1 aliphatic rings. The zero-order chi connectivity index (χ0) is 44.7. The Balaban J connectivity index is 1.58. The highest BCUT2D eigenvalue weighted by Crippen LogP contribution is 2.56. The number of carbonyl (C=O) groups excluding carboxylic acids is 3. The van der Waals surface area contributed by atoms with Crippen LogP contribution in [0, 0.1) is 0 Å². The average molecular weight is 856 g/mol. The van der Waals surface area contributed by atoms with Gasteiger partial charge in [-0.15, -0.1) is 0 Å². The van der Waals surface area contributed by atoms with Crippen LogP contribution < -0.4 is 20.9 Å². The van der Waals surface area contributed by atoms with Crippen molar-refractivity contribution in [1.82, 2.24) is 0 Å². The number of fused-ring (bicyclic) bond motifs is 1. The van der Waals surface area contributed by atoms with Crippen LogP contribution in [-0.2, 0) is 53.0 Å². The van der Waals surface area contributed by atoms with Crippen LogP contribution in [0.3, 0.4) is 0 Å². The Morgan fingerprint density at radius 1 is 0.677 bits per heavy atom. The van der Waals surface area contributed by atoms with Crippen molar-refractivity contribution in [2.45, 2.75) is 84.3 Å². The molecule has 0 bridgehead atoms. The lowest BCUT2D eigenvalue weighted by atomic mass is 9.78. The highest BCUT2D eigenvalue weighted by molar-refractivity contribution is 6.39. The van der Waals surface area contributed by atoms with E-state index in [4.69, 9.17) is 23.7 Å². The van der Waals surface area contributed by atoms with E-state index in [0.717, 1.165) is 0 Å². The molecule has 6 rings (SSSR count). The van der Waals surface area contributed by atoms with Crippen LogP contribution in [0.15, 0.2) is 27.3 Å².